The molecule has 0 aliphatic heterocycles. The van der Waals surface area contributed by atoms with Crippen molar-refractivity contribution in [3.8, 4) is 0 Å². The fourth-order valence-electron chi connectivity index (χ4n) is 2.23. The molecule has 0 saturated heterocycles. The predicted octanol–water partition coefficient (Wildman–Crippen LogP) is 3.36. The van der Waals surface area contributed by atoms with Crippen LogP contribution in [0.25, 0.3) is 0 Å². The summed E-state index contributed by atoms with van der Waals surface area (Å²) in [6.07, 6.45) is 4.03. The molecule has 1 aromatic carbocycles. The van der Waals surface area contributed by atoms with Gasteiger partial charge in [0.15, 0.2) is 0 Å². The van der Waals surface area contributed by atoms with E-state index in [-0.39, 0.29) is 6.10 Å². The van der Waals surface area contributed by atoms with E-state index in [1.165, 1.54) is 12.0 Å². The van der Waals surface area contributed by atoms with Crippen molar-refractivity contribution >= 4 is 11.6 Å². The number of aliphatic hydroxyl groups is 1. The van der Waals surface area contributed by atoms with Crippen LogP contribution in [0.2, 0.25) is 5.02 Å². The Bertz CT molecular complexity index is 311. The Balaban J connectivity index is 2.14. The summed E-state index contributed by atoms with van der Waals surface area (Å²) in [5.41, 5.74) is 1.27. The van der Waals surface area contributed by atoms with Gasteiger partial charge in [-0.25, -0.2) is 0 Å². The molecule has 0 amide bonds. The molecule has 0 spiro atoms. The molecule has 1 aromatic rings. The number of halogens is 1. The Morgan fingerprint density at radius 1 is 1.29 bits per heavy atom. The van der Waals surface area contributed by atoms with Crippen LogP contribution < -0.4 is 0 Å². The van der Waals surface area contributed by atoms with Gasteiger partial charge >= 0.3 is 0 Å². The maximum Gasteiger partial charge on any atom is 0.0546 e. The molecular formula is C12H15ClO. The zero-order chi connectivity index (χ0) is 9.97. The molecule has 1 N–H and O–H groups in total. The zero-order valence-electron chi connectivity index (χ0n) is 8.12. The third-order valence-corrected chi connectivity index (χ3v) is 3.20. The Labute approximate surface area is 89.7 Å². The van der Waals surface area contributed by atoms with Crippen LogP contribution in [-0.4, -0.2) is 11.2 Å². The molecule has 0 radical (unpaired) electrons. The minimum Gasteiger partial charge on any atom is -0.393 e. The highest BCUT2D eigenvalue weighted by Crippen LogP contribution is 2.33. The molecule has 0 bridgehead atoms. The normalized spacial score (nSPS) is 27.6. The van der Waals surface area contributed by atoms with Gasteiger partial charge in [0.1, 0.15) is 0 Å². The molecule has 1 aliphatic carbocycles. The first kappa shape index (κ1) is 10.0. The zero-order valence-corrected chi connectivity index (χ0v) is 8.87. The van der Waals surface area contributed by atoms with E-state index >= 15 is 0 Å². The average Bonchev–Trinajstić information content (AvgIpc) is 2.18. The quantitative estimate of drug-likeness (QED) is 0.754. The third-order valence-electron chi connectivity index (χ3n) is 2.97. The highest BCUT2D eigenvalue weighted by atomic mass is 35.5. The molecule has 2 heteroatoms. The van der Waals surface area contributed by atoms with Crippen molar-refractivity contribution in [3.05, 3.63) is 34.9 Å². The van der Waals surface area contributed by atoms with Gasteiger partial charge in [-0.1, -0.05) is 30.2 Å². The Morgan fingerprint density at radius 2 is 2.14 bits per heavy atom. The molecule has 2 atom stereocenters. The van der Waals surface area contributed by atoms with E-state index in [2.05, 4.69) is 6.07 Å². The van der Waals surface area contributed by atoms with Crippen molar-refractivity contribution in [2.75, 3.05) is 0 Å². The minimum atomic E-state index is -0.118. The molecule has 1 aliphatic rings. The molecule has 76 valence electrons. The minimum absolute atomic E-state index is 0.118. The number of benzene rings is 1. The summed E-state index contributed by atoms with van der Waals surface area (Å²) in [7, 11) is 0. The van der Waals surface area contributed by atoms with E-state index in [1.54, 1.807) is 0 Å². The van der Waals surface area contributed by atoms with Crippen LogP contribution in [0.3, 0.4) is 0 Å². The largest absolute Gasteiger partial charge is 0.393 e. The van der Waals surface area contributed by atoms with Crippen LogP contribution in [0.15, 0.2) is 24.3 Å². The third kappa shape index (κ3) is 2.28. The summed E-state index contributed by atoms with van der Waals surface area (Å²) < 4.78 is 0. The summed E-state index contributed by atoms with van der Waals surface area (Å²) >= 11 is 5.94. The van der Waals surface area contributed by atoms with Gasteiger partial charge in [-0.2, -0.15) is 0 Å². The second-order valence-electron chi connectivity index (χ2n) is 4.07. The van der Waals surface area contributed by atoms with Crippen molar-refractivity contribution in [2.24, 2.45) is 0 Å². The first-order chi connectivity index (χ1) is 6.75. The Kier molecular flexibility index (Phi) is 3.09. The fraction of sp³-hybridized carbons (Fsp3) is 0.500. The first-order valence-electron chi connectivity index (χ1n) is 5.19. The smallest absolute Gasteiger partial charge is 0.0546 e. The lowest BCUT2D eigenvalue weighted by molar-refractivity contribution is 0.119. The van der Waals surface area contributed by atoms with E-state index in [9.17, 15) is 5.11 Å². The summed E-state index contributed by atoms with van der Waals surface area (Å²) in [4.78, 5) is 0. The average molecular weight is 211 g/mol. The summed E-state index contributed by atoms with van der Waals surface area (Å²) in [6.45, 7) is 0. The van der Waals surface area contributed by atoms with Gasteiger partial charge in [0.25, 0.3) is 0 Å². The first-order valence-corrected chi connectivity index (χ1v) is 5.57. The van der Waals surface area contributed by atoms with Gasteiger partial charge in [-0.05, 0) is 42.9 Å². The predicted molar refractivity (Wildman–Crippen MR) is 58.7 cm³/mol. The van der Waals surface area contributed by atoms with Crippen LogP contribution >= 0.6 is 11.6 Å². The van der Waals surface area contributed by atoms with Crippen molar-refractivity contribution in [1.29, 1.82) is 0 Å². The highest BCUT2D eigenvalue weighted by Gasteiger charge is 2.21. The number of hydrogen-bond acceptors (Lipinski definition) is 1. The van der Waals surface area contributed by atoms with Crippen LogP contribution in [0, 0.1) is 0 Å². The van der Waals surface area contributed by atoms with Gasteiger partial charge < -0.3 is 5.11 Å². The van der Waals surface area contributed by atoms with Crippen molar-refractivity contribution in [2.45, 2.75) is 37.7 Å². The maximum atomic E-state index is 9.58. The van der Waals surface area contributed by atoms with Crippen LogP contribution in [0.4, 0.5) is 0 Å². The van der Waals surface area contributed by atoms with E-state index in [0.29, 0.717) is 5.92 Å². The maximum absolute atomic E-state index is 9.58. The molecule has 1 saturated carbocycles. The van der Waals surface area contributed by atoms with Gasteiger partial charge in [0, 0.05) is 5.02 Å². The summed E-state index contributed by atoms with van der Waals surface area (Å²) in [5, 5.41) is 10.4. The van der Waals surface area contributed by atoms with Crippen molar-refractivity contribution in [1.82, 2.24) is 0 Å². The van der Waals surface area contributed by atoms with E-state index < -0.39 is 0 Å². The van der Waals surface area contributed by atoms with Gasteiger partial charge in [0.05, 0.1) is 6.10 Å². The molecule has 1 fully saturated rings. The fourth-order valence-corrected chi connectivity index (χ4v) is 2.43. The van der Waals surface area contributed by atoms with Crippen molar-refractivity contribution < 1.29 is 5.11 Å². The lowest BCUT2D eigenvalue weighted by atomic mass is 9.83. The van der Waals surface area contributed by atoms with Gasteiger partial charge in [-0.15, -0.1) is 0 Å². The monoisotopic (exact) mass is 210 g/mol. The number of rotatable bonds is 1. The van der Waals surface area contributed by atoms with E-state index in [4.69, 9.17) is 11.6 Å². The summed E-state index contributed by atoms with van der Waals surface area (Å²) in [5.74, 6) is 0.498. The molecule has 2 unspecified atom stereocenters. The second-order valence-corrected chi connectivity index (χ2v) is 4.51. The van der Waals surface area contributed by atoms with Crippen molar-refractivity contribution in [3.63, 3.8) is 0 Å². The highest BCUT2D eigenvalue weighted by molar-refractivity contribution is 6.30. The number of aliphatic hydroxyl groups excluding tert-OH is 1. The van der Waals surface area contributed by atoms with Crippen LogP contribution in [0.1, 0.15) is 37.2 Å². The van der Waals surface area contributed by atoms with E-state index in [0.717, 1.165) is 24.3 Å². The molecule has 0 aromatic heterocycles. The molecule has 2 rings (SSSR count). The topological polar surface area (TPSA) is 20.2 Å². The molecule has 1 nitrogen and oxygen atoms in total. The van der Waals surface area contributed by atoms with E-state index in [1.807, 2.05) is 18.2 Å². The van der Waals surface area contributed by atoms with Crippen LogP contribution in [0.5, 0.6) is 0 Å². The number of hydrogen-bond donors (Lipinski definition) is 1. The van der Waals surface area contributed by atoms with Gasteiger partial charge in [0.2, 0.25) is 0 Å². The summed E-state index contributed by atoms with van der Waals surface area (Å²) in [6, 6.07) is 8.00. The Morgan fingerprint density at radius 3 is 2.86 bits per heavy atom. The molecule has 0 heterocycles. The molecular weight excluding hydrogens is 196 g/mol. The molecule has 14 heavy (non-hydrogen) atoms. The standard InChI is InChI=1S/C12H15ClO/c13-11-5-1-3-9(7-11)10-4-2-6-12(14)8-10/h1,3,5,7,10,12,14H,2,4,6,8H2. The Hall–Kier alpha value is -0.530. The van der Waals surface area contributed by atoms with Crippen LogP contribution in [-0.2, 0) is 0 Å². The SMILES string of the molecule is OC1CCCC(c2cccc(Cl)c2)C1. The second kappa shape index (κ2) is 4.33. The lowest BCUT2D eigenvalue weighted by Gasteiger charge is -2.26. The van der Waals surface area contributed by atoms with Gasteiger partial charge in [-0.3, -0.25) is 0 Å². The lowest BCUT2D eigenvalue weighted by Crippen LogP contribution is -2.18.